The number of halogens is 1. The third kappa shape index (κ3) is 8.39. The van der Waals surface area contributed by atoms with Crippen molar-refractivity contribution in [1.82, 2.24) is 0 Å². The maximum atomic E-state index is 12.9. The molecule has 0 heterocycles. The van der Waals surface area contributed by atoms with Gasteiger partial charge in [0.15, 0.2) is 0 Å². The third-order valence-electron chi connectivity index (χ3n) is 3.06. The molecule has 0 aliphatic carbocycles. The van der Waals surface area contributed by atoms with Gasteiger partial charge in [0.05, 0.1) is 6.61 Å². The van der Waals surface area contributed by atoms with Crippen molar-refractivity contribution in [2.24, 2.45) is 0 Å². The van der Waals surface area contributed by atoms with Crippen LogP contribution in [0.15, 0.2) is 24.3 Å². The molecule has 0 aliphatic rings. The number of hydrogen-bond acceptors (Lipinski definition) is 4. The minimum atomic E-state index is -0.400. The Kier molecular flexibility index (Phi) is 8.88. The van der Waals surface area contributed by atoms with Crippen LogP contribution in [0.3, 0.4) is 0 Å². The van der Waals surface area contributed by atoms with Gasteiger partial charge in [-0.15, -0.1) is 0 Å². The average molecular weight is 310 g/mol. The lowest BCUT2D eigenvalue weighted by Crippen LogP contribution is -2.08. The van der Waals surface area contributed by atoms with Crippen molar-refractivity contribution in [2.45, 2.75) is 52.1 Å². The molecule has 0 N–H and O–H groups in total. The van der Waals surface area contributed by atoms with E-state index in [9.17, 15) is 14.0 Å². The van der Waals surface area contributed by atoms with Gasteiger partial charge in [-0.1, -0.05) is 31.9 Å². The van der Waals surface area contributed by atoms with Crippen LogP contribution < -0.4 is 0 Å². The molecule has 22 heavy (non-hydrogen) atoms. The standard InChI is InChI=1S/C17H23FO4/c1-2-3-4-11-21-16(19)9-6-10-17(20)22-13-14-7-5-8-15(18)12-14/h5,7-8,12H,2-4,6,9-11,13H2,1H3. The zero-order valence-corrected chi connectivity index (χ0v) is 13.0. The summed E-state index contributed by atoms with van der Waals surface area (Å²) in [5.41, 5.74) is 0.601. The van der Waals surface area contributed by atoms with Crippen molar-refractivity contribution >= 4 is 11.9 Å². The van der Waals surface area contributed by atoms with Gasteiger partial charge in [0.25, 0.3) is 0 Å². The van der Waals surface area contributed by atoms with Crippen LogP contribution in [0, 0.1) is 5.82 Å². The van der Waals surface area contributed by atoms with Crippen molar-refractivity contribution in [3.63, 3.8) is 0 Å². The summed E-state index contributed by atoms with van der Waals surface area (Å²) in [6.07, 6.45) is 3.75. The summed E-state index contributed by atoms with van der Waals surface area (Å²) in [6.45, 7) is 2.56. The van der Waals surface area contributed by atoms with E-state index in [2.05, 4.69) is 6.92 Å². The predicted octanol–water partition coefficient (Wildman–Crippen LogP) is 3.77. The largest absolute Gasteiger partial charge is 0.466 e. The number of rotatable bonds is 10. The van der Waals surface area contributed by atoms with E-state index in [0.29, 0.717) is 18.6 Å². The maximum absolute atomic E-state index is 12.9. The van der Waals surface area contributed by atoms with Crippen LogP contribution >= 0.6 is 0 Å². The first kappa shape index (κ1) is 18.1. The molecule has 1 rings (SSSR count). The molecule has 0 spiro atoms. The highest BCUT2D eigenvalue weighted by atomic mass is 19.1. The first-order valence-corrected chi connectivity index (χ1v) is 7.67. The highest BCUT2D eigenvalue weighted by Crippen LogP contribution is 2.07. The fourth-order valence-electron chi connectivity index (χ4n) is 1.85. The van der Waals surface area contributed by atoms with Crippen LogP contribution in [0.25, 0.3) is 0 Å². The Morgan fingerprint density at radius 2 is 1.77 bits per heavy atom. The SMILES string of the molecule is CCCCCOC(=O)CCCC(=O)OCc1cccc(F)c1. The van der Waals surface area contributed by atoms with Crippen molar-refractivity contribution < 1.29 is 23.5 Å². The first-order chi connectivity index (χ1) is 10.6. The fourth-order valence-corrected chi connectivity index (χ4v) is 1.85. The topological polar surface area (TPSA) is 52.6 Å². The molecule has 0 saturated heterocycles. The lowest BCUT2D eigenvalue weighted by atomic mass is 10.2. The van der Waals surface area contributed by atoms with Crippen molar-refractivity contribution in [1.29, 1.82) is 0 Å². The van der Waals surface area contributed by atoms with E-state index in [4.69, 9.17) is 9.47 Å². The summed E-state index contributed by atoms with van der Waals surface area (Å²) in [5, 5.41) is 0. The molecule has 1 aromatic rings. The van der Waals surface area contributed by atoms with Gasteiger partial charge in [0.2, 0.25) is 0 Å². The van der Waals surface area contributed by atoms with Gasteiger partial charge in [-0.2, -0.15) is 0 Å². The van der Waals surface area contributed by atoms with E-state index in [1.807, 2.05) is 0 Å². The minimum Gasteiger partial charge on any atom is -0.466 e. The minimum absolute atomic E-state index is 0.0397. The Bertz CT molecular complexity index is 473. The van der Waals surface area contributed by atoms with Gasteiger partial charge >= 0.3 is 11.9 Å². The van der Waals surface area contributed by atoms with Crippen molar-refractivity contribution in [3.05, 3.63) is 35.6 Å². The smallest absolute Gasteiger partial charge is 0.306 e. The lowest BCUT2D eigenvalue weighted by molar-refractivity contribution is -0.146. The molecule has 0 saturated carbocycles. The zero-order chi connectivity index (χ0) is 16.2. The Balaban J connectivity index is 2.09. The van der Waals surface area contributed by atoms with E-state index in [-0.39, 0.29) is 31.2 Å². The number of esters is 2. The Morgan fingerprint density at radius 1 is 1.05 bits per heavy atom. The molecule has 0 aliphatic heterocycles. The summed E-state index contributed by atoms with van der Waals surface area (Å²) in [5.74, 6) is -1.04. The number of carbonyl (C=O) groups is 2. The Morgan fingerprint density at radius 3 is 2.45 bits per heavy atom. The number of benzene rings is 1. The van der Waals surface area contributed by atoms with Crippen molar-refractivity contribution in [2.75, 3.05) is 6.61 Å². The van der Waals surface area contributed by atoms with Crippen LogP contribution in [0.2, 0.25) is 0 Å². The molecule has 0 amide bonds. The van der Waals surface area contributed by atoms with Crippen molar-refractivity contribution in [3.8, 4) is 0 Å². The summed E-state index contributed by atoms with van der Waals surface area (Å²) < 4.78 is 23.0. The van der Waals surface area contributed by atoms with Crippen LogP contribution in [0.4, 0.5) is 4.39 Å². The summed E-state index contributed by atoms with van der Waals surface area (Å²) in [6, 6.07) is 5.90. The molecular weight excluding hydrogens is 287 g/mol. The second-order valence-corrected chi connectivity index (χ2v) is 5.07. The van der Waals surface area contributed by atoms with Gasteiger partial charge < -0.3 is 9.47 Å². The van der Waals surface area contributed by atoms with Gasteiger partial charge in [-0.05, 0) is 30.5 Å². The van der Waals surface area contributed by atoms with E-state index in [0.717, 1.165) is 19.3 Å². The van der Waals surface area contributed by atoms with Crippen LogP contribution in [-0.2, 0) is 25.7 Å². The molecule has 0 fully saturated rings. The monoisotopic (exact) mass is 310 g/mol. The molecule has 1 aromatic carbocycles. The number of carbonyl (C=O) groups excluding carboxylic acids is 2. The molecule has 5 heteroatoms. The van der Waals surface area contributed by atoms with Gasteiger partial charge in [-0.3, -0.25) is 9.59 Å². The average Bonchev–Trinajstić information content (AvgIpc) is 2.50. The lowest BCUT2D eigenvalue weighted by Gasteiger charge is -2.06. The molecule has 0 radical (unpaired) electrons. The number of hydrogen-bond donors (Lipinski definition) is 0. The molecular formula is C17H23FO4. The van der Waals surface area contributed by atoms with Crippen LogP contribution in [0.5, 0.6) is 0 Å². The van der Waals surface area contributed by atoms with Gasteiger partial charge in [0, 0.05) is 12.8 Å². The molecule has 0 bridgehead atoms. The van der Waals surface area contributed by atoms with Crippen LogP contribution in [-0.4, -0.2) is 18.5 Å². The molecule has 0 unspecified atom stereocenters. The quantitative estimate of drug-likeness (QED) is 0.487. The normalized spacial score (nSPS) is 10.3. The fraction of sp³-hybridized carbons (Fsp3) is 0.529. The Labute approximate surface area is 130 Å². The van der Waals surface area contributed by atoms with Gasteiger partial charge in [-0.25, -0.2) is 4.39 Å². The van der Waals surface area contributed by atoms with E-state index < -0.39 is 5.97 Å². The highest BCUT2D eigenvalue weighted by molar-refractivity contribution is 5.72. The highest BCUT2D eigenvalue weighted by Gasteiger charge is 2.07. The van der Waals surface area contributed by atoms with E-state index in [1.54, 1.807) is 12.1 Å². The van der Waals surface area contributed by atoms with Gasteiger partial charge in [0.1, 0.15) is 12.4 Å². The summed E-state index contributed by atoms with van der Waals surface area (Å²) >= 11 is 0. The molecule has 0 aromatic heterocycles. The molecule has 4 nitrogen and oxygen atoms in total. The van der Waals surface area contributed by atoms with E-state index >= 15 is 0 Å². The predicted molar refractivity (Wildman–Crippen MR) is 80.5 cm³/mol. The van der Waals surface area contributed by atoms with Crippen LogP contribution in [0.1, 0.15) is 51.0 Å². The molecule has 0 atom stereocenters. The summed E-state index contributed by atoms with van der Waals surface area (Å²) in [7, 11) is 0. The maximum Gasteiger partial charge on any atom is 0.306 e. The second-order valence-electron chi connectivity index (χ2n) is 5.07. The zero-order valence-electron chi connectivity index (χ0n) is 13.0. The molecule has 122 valence electrons. The number of ether oxygens (including phenoxy) is 2. The number of unbranched alkanes of at least 4 members (excludes halogenated alkanes) is 2. The van der Waals surface area contributed by atoms with E-state index in [1.165, 1.54) is 12.1 Å². The third-order valence-corrected chi connectivity index (χ3v) is 3.06. The summed E-state index contributed by atoms with van der Waals surface area (Å²) in [4.78, 5) is 22.9. The second kappa shape index (κ2) is 10.8. The Hall–Kier alpha value is -1.91. The first-order valence-electron chi connectivity index (χ1n) is 7.67.